The van der Waals surface area contributed by atoms with Gasteiger partial charge >= 0.3 is 0 Å². The Hall–Kier alpha value is -0.305. The van der Waals surface area contributed by atoms with E-state index < -0.39 is 0 Å². The molecule has 0 aliphatic carbocycles. The Bertz CT molecular complexity index is 151. The van der Waals surface area contributed by atoms with Crippen molar-refractivity contribution in [2.45, 2.75) is 45.4 Å². The van der Waals surface area contributed by atoms with Gasteiger partial charge in [-0.3, -0.25) is 4.79 Å². The average Bonchev–Trinajstić information content (AvgIpc) is 2.06. The van der Waals surface area contributed by atoms with Gasteiger partial charge in [-0.2, -0.15) is 0 Å². The third-order valence-electron chi connectivity index (χ3n) is 2.50. The molecule has 12 heavy (non-hydrogen) atoms. The second kappa shape index (κ2) is 4.66. The van der Waals surface area contributed by atoms with Crippen LogP contribution in [0.3, 0.4) is 0 Å². The molecular formula is C9H19BO2. The van der Waals surface area contributed by atoms with Crippen LogP contribution in [0.2, 0.25) is 12.1 Å². The first kappa shape index (κ1) is 11.7. The number of carbonyl (C=O) groups excluding carboxylic acids is 1. The molecule has 0 aromatic rings. The van der Waals surface area contributed by atoms with Gasteiger partial charge in [0.2, 0.25) is 0 Å². The van der Waals surface area contributed by atoms with Crippen molar-refractivity contribution in [2.75, 3.05) is 7.11 Å². The lowest BCUT2D eigenvalue weighted by Gasteiger charge is -2.24. The van der Waals surface area contributed by atoms with Gasteiger partial charge in [-0.15, -0.1) is 0 Å². The lowest BCUT2D eigenvalue weighted by molar-refractivity contribution is -0.131. The van der Waals surface area contributed by atoms with Crippen LogP contribution in [0.4, 0.5) is 0 Å². The van der Waals surface area contributed by atoms with Crippen LogP contribution in [0.15, 0.2) is 0 Å². The van der Waals surface area contributed by atoms with E-state index in [1.54, 1.807) is 7.11 Å². The maximum absolute atomic E-state index is 11.7. The van der Waals surface area contributed by atoms with Crippen molar-refractivity contribution in [1.82, 2.24) is 0 Å². The van der Waals surface area contributed by atoms with Crippen molar-refractivity contribution in [2.24, 2.45) is 0 Å². The molecular weight excluding hydrogens is 151 g/mol. The zero-order valence-corrected chi connectivity index (χ0v) is 8.81. The molecule has 0 saturated carbocycles. The molecule has 0 aromatic carbocycles. The quantitative estimate of drug-likeness (QED) is 0.586. The second-order valence-electron chi connectivity index (χ2n) is 3.73. The maximum atomic E-state index is 11.7. The van der Waals surface area contributed by atoms with Gasteiger partial charge in [0.1, 0.15) is 13.4 Å². The first-order valence-corrected chi connectivity index (χ1v) is 4.56. The van der Waals surface area contributed by atoms with Gasteiger partial charge in [-0.25, -0.2) is 0 Å². The van der Waals surface area contributed by atoms with E-state index >= 15 is 0 Å². The minimum atomic E-state index is -0.239. The molecule has 0 N–H and O–H groups in total. The first-order valence-electron chi connectivity index (χ1n) is 4.56. The predicted octanol–water partition coefficient (Wildman–Crippen LogP) is 1.66. The highest BCUT2D eigenvalue weighted by molar-refractivity contribution is 6.45. The summed E-state index contributed by atoms with van der Waals surface area (Å²) in [7, 11) is 2.46. The molecule has 2 nitrogen and oxygen atoms in total. The Morgan fingerprint density at radius 3 is 2.33 bits per heavy atom. The van der Waals surface area contributed by atoms with E-state index in [4.69, 9.17) is 4.74 Å². The second-order valence-corrected chi connectivity index (χ2v) is 3.73. The van der Waals surface area contributed by atoms with Crippen molar-refractivity contribution in [1.29, 1.82) is 0 Å². The monoisotopic (exact) mass is 170 g/mol. The summed E-state index contributed by atoms with van der Waals surface area (Å²) in [5, 5.41) is -0.239. The standard InChI is InChI=1S/C9H19BO2/c1-6-7(12-5)8(11)9(2,3)10-4/h7,10H,6H2,1-5H3. The fourth-order valence-electron chi connectivity index (χ4n) is 1.07. The summed E-state index contributed by atoms with van der Waals surface area (Å²) in [4.78, 5) is 11.7. The molecule has 0 amide bonds. The van der Waals surface area contributed by atoms with E-state index in [1.165, 1.54) is 0 Å². The van der Waals surface area contributed by atoms with E-state index in [9.17, 15) is 4.79 Å². The van der Waals surface area contributed by atoms with E-state index in [1.807, 2.05) is 27.6 Å². The van der Waals surface area contributed by atoms with Gasteiger partial charge in [-0.05, 0) is 11.7 Å². The molecule has 0 rings (SSSR count). The summed E-state index contributed by atoms with van der Waals surface area (Å²) in [6, 6.07) is 0. The van der Waals surface area contributed by atoms with Crippen LogP contribution >= 0.6 is 0 Å². The van der Waals surface area contributed by atoms with Crippen LogP contribution in [0.5, 0.6) is 0 Å². The van der Waals surface area contributed by atoms with Crippen LogP contribution in [0.25, 0.3) is 0 Å². The topological polar surface area (TPSA) is 26.3 Å². The smallest absolute Gasteiger partial charge is 0.159 e. The summed E-state index contributed by atoms with van der Waals surface area (Å²) < 4.78 is 5.10. The minimum absolute atomic E-state index is 0.218. The van der Waals surface area contributed by atoms with Crippen molar-refractivity contribution < 1.29 is 9.53 Å². The summed E-state index contributed by atoms with van der Waals surface area (Å²) in [5.74, 6) is 0.218. The minimum Gasteiger partial charge on any atom is -0.374 e. The van der Waals surface area contributed by atoms with Gasteiger partial charge in [0.25, 0.3) is 0 Å². The Balaban J connectivity index is 4.35. The Morgan fingerprint density at radius 1 is 1.58 bits per heavy atom. The Kier molecular flexibility index (Phi) is 4.54. The van der Waals surface area contributed by atoms with Crippen molar-refractivity contribution >= 4 is 13.1 Å². The fraction of sp³-hybridized carbons (Fsp3) is 0.889. The molecule has 0 aromatic heterocycles. The Labute approximate surface area is 75.9 Å². The lowest BCUT2D eigenvalue weighted by Crippen LogP contribution is -2.33. The Morgan fingerprint density at radius 2 is 2.08 bits per heavy atom. The third-order valence-corrected chi connectivity index (χ3v) is 2.50. The summed E-state index contributed by atoms with van der Waals surface area (Å²) in [6.45, 7) is 7.94. The van der Waals surface area contributed by atoms with Gasteiger partial charge in [0, 0.05) is 7.11 Å². The van der Waals surface area contributed by atoms with E-state index in [0.29, 0.717) is 0 Å². The van der Waals surface area contributed by atoms with Gasteiger partial charge in [0.15, 0.2) is 5.78 Å². The third kappa shape index (κ3) is 2.63. The molecule has 0 radical (unpaired) electrons. The average molecular weight is 170 g/mol. The molecule has 3 heteroatoms. The number of ketones is 1. The molecule has 0 spiro atoms. The number of rotatable bonds is 5. The molecule has 70 valence electrons. The van der Waals surface area contributed by atoms with Crippen LogP contribution in [-0.2, 0) is 9.53 Å². The summed E-state index contributed by atoms with van der Waals surface area (Å²) in [5.41, 5.74) is 0. The number of hydrogen-bond donors (Lipinski definition) is 0. The van der Waals surface area contributed by atoms with Crippen molar-refractivity contribution in [3.8, 4) is 0 Å². The highest BCUT2D eigenvalue weighted by Crippen LogP contribution is 2.26. The molecule has 1 unspecified atom stereocenters. The fourth-order valence-corrected chi connectivity index (χ4v) is 1.07. The predicted molar refractivity (Wildman–Crippen MR) is 53.1 cm³/mol. The number of carbonyl (C=O) groups is 1. The molecule has 0 saturated heterocycles. The molecule has 0 bridgehead atoms. The number of ether oxygens (including phenoxy) is 1. The molecule has 0 fully saturated rings. The molecule has 0 heterocycles. The van der Waals surface area contributed by atoms with Crippen LogP contribution < -0.4 is 0 Å². The number of methoxy groups -OCH3 is 1. The first-order chi connectivity index (χ1) is 5.49. The van der Waals surface area contributed by atoms with E-state index in [0.717, 1.165) is 13.7 Å². The normalized spacial score (nSPS) is 14.1. The van der Waals surface area contributed by atoms with Gasteiger partial charge in [-0.1, -0.05) is 27.6 Å². The largest absolute Gasteiger partial charge is 0.374 e. The van der Waals surface area contributed by atoms with Crippen molar-refractivity contribution in [3.63, 3.8) is 0 Å². The molecule has 1 atom stereocenters. The highest BCUT2D eigenvalue weighted by atomic mass is 16.5. The number of hydrogen-bond acceptors (Lipinski definition) is 2. The summed E-state index contributed by atoms with van der Waals surface area (Å²) >= 11 is 0. The van der Waals surface area contributed by atoms with Gasteiger partial charge in [0.05, 0.1) is 0 Å². The zero-order valence-electron chi connectivity index (χ0n) is 8.81. The van der Waals surface area contributed by atoms with Crippen LogP contribution in [0, 0.1) is 0 Å². The van der Waals surface area contributed by atoms with Crippen LogP contribution in [-0.4, -0.2) is 26.3 Å². The molecule has 0 aliphatic rings. The lowest BCUT2D eigenvalue weighted by atomic mass is 9.53. The van der Waals surface area contributed by atoms with Crippen molar-refractivity contribution in [3.05, 3.63) is 0 Å². The maximum Gasteiger partial charge on any atom is 0.159 e. The molecule has 0 aliphatic heterocycles. The zero-order chi connectivity index (χ0) is 9.78. The van der Waals surface area contributed by atoms with E-state index in [2.05, 4.69) is 0 Å². The van der Waals surface area contributed by atoms with Gasteiger partial charge < -0.3 is 4.74 Å². The highest BCUT2D eigenvalue weighted by Gasteiger charge is 2.31. The SMILES string of the molecule is CBC(C)(C)C(=O)C(CC)OC. The van der Waals surface area contributed by atoms with Crippen LogP contribution in [0.1, 0.15) is 27.2 Å². The number of Topliss-reactive ketones (excluding diaryl/α,β-unsaturated/α-hetero) is 1. The summed E-state index contributed by atoms with van der Waals surface area (Å²) in [6.07, 6.45) is 0.540. The van der Waals surface area contributed by atoms with E-state index in [-0.39, 0.29) is 17.2 Å².